The van der Waals surface area contributed by atoms with E-state index in [2.05, 4.69) is 42.7 Å². The third-order valence-electron chi connectivity index (χ3n) is 5.15. The molecular formula is C22H27N7OS. The average Bonchev–Trinajstić information content (AvgIpc) is 3.27. The van der Waals surface area contributed by atoms with E-state index in [0.29, 0.717) is 17.7 Å². The molecule has 8 nitrogen and oxygen atoms in total. The third kappa shape index (κ3) is 5.77. The summed E-state index contributed by atoms with van der Waals surface area (Å²) in [6.07, 6.45) is 6.80. The van der Waals surface area contributed by atoms with Crippen molar-refractivity contribution in [3.8, 4) is 10.6 Å². The molecule has 0 radical (unpaired) electrons. The summed E-state index contributed by atoms with van der Waals surface area (Å²) in [5.74, 6) is 1.92. The van der Waals surface area contributed by atoms with Crippen LogP contribution in [0.25, 0.3) is 10.6 Å². The van der Waals surface area contributed by atoms with E-state index in [1.165, 1.54) is 11.3 Å². The van der Waals surface area contributed by atoms with Crippen LogP contribution in [0.4, 0.5) is 22.2 Å². The van der Waals surface area contributed by atoms with Crippen molar-refractivity contribution in [2.45, 2.75) is 32.2 Å². The first-order chi connectivity index (χ1) is 15.2. The van der Waals surface area contributed by atoms with Gasteiger partial charge in [0.25, 0.3) is 0 Å². The number of pyridine rings is 2. The highest BCUT2D eigenvalue weighted by atomic mass is 32.1. The number of carbonyl (C=O) groups excluding carboxylic acids is 1. The van der Waals surface area contributed by atoms with Crippen LogP contribution in [0.3, 0.4) is 0 Å². The van der Waals surface area contributed by atoms with Gasteiger partial charge in [-0.05, 0) is 50.1 Å². The molecule has 2 amide bonds. The number of thiazole rings is 1. The van der Waals surface area contributed by atoms with Gasteiger partial charge in [-0.25, -0.2) is 14.8 Å². The maximum Gasteiger partial charge on any atom is 0.326 e. The number of urea groups is 1. The minimum atomic E-state index is -0.362. The Labute approximate surface area is 186 Å². The summed E-state index contributed by atoms with van der Waals surface area (Å²) in [5.41, 5.74) is 0.969. The second kappa shape index (κ2) is 10.3. The number of nitrogens with zero attached hydrogens (tertiary/aromatic N) is 4. The van der Waals surface area contributed by atoms with Crippen molar-refractivity contribution in [2.75, 3.05) is 35.2 Å². The summed E-state index contributed by atoms with van der Waals surface area (Å²) in [6, 6.07) is 9.70. The molecule has 3 aromatic rings. The molecule has 9 heteroatoms. The van der Waals surface area contributed by atoms with E-state index in [1.807, 2.05) is 29.6 Å². The molecular weight excluding hydrogens is 410 g/mol. The summed E-state index contributed by atoms with van der Waals surface area (Å²) in [6.45, 7) is 5.18. The number of rotatable bonds is 7. The van der Waals surface area contributed by atoms with Crippen LogP contribution in [0.5, 0.6) is 0 Å². The fraction of sp³-hybridized carbons (Fsp3) is 0.364. The van der Waals surface area contributed by atoms with Crippen LogP contribution >= 0.6 is 11.3 Å². The predicted molar refractivity (Wildman–Crippen MR) is 126 cm³/mol. The number of piperidine rings is 1. The lowest BCUT2D eigenvalue weighted by Crippen LogP contribution is -2.43. The number of amides is 2. The number of nitrogens with one attached hydrogen (secondary N) is 3. The minimum absolute atomic E-state index is 0.362. The monoisotopic (exact) mass is 437 g/mol. The highest BCUT2D eigenvalue weighted by molar-refractivity contribution is 7.13. The van der Waals surface area contributed by atoms with Gasteiger partial charge in [-0.3, -0.25) is 15.6 Å². The lowest BCUT2D eigenvalue weighted by molar-refractivity contribution is 0.262. The van der Waals surface area contributed by atoms with E-state index in [1.54, 1.807) is 18.5 Å². The van der Waals surface area contributed by atoms with Crippen molar-refractivity contribution in [3.05, 3.63) is 48.1 Å². The Morgan fingerprint density at radius 2 is 1.87 bits per heavy atom. The summed E-state index contributed by atoms with van der Waals surface area (Å²) in [5, 5.41) is 11.8. The minimum Gasteiger partial charge on any atom is -0.356 e. The Kier molecular flexibility index (Phi) is 7.06. The van der Waals surface area contributed by atoms with Crippen LogP contribution in [0.15, 0.2) is 48.1 Å². The Morgan fingerprint density at radius 1 is 1.10 bits per heavy atom. The van der Waals surface area contributed by atoms with Crippen molar-refractivity contribution < 1.29 is 4.79 Å². The van der Waals surface area contributed by atoms with Crippen molar-refractivity contribution >= 4 is 34.8 Å². The predicted octanol–water partition coefficient (Wildman–Crippen LogP) is 4.21. The summed E-state index contributed by atoms with van der Waals surface area (Å²) >= 11 is 1.47. The largest absolute Gasteiger partial charge is 0.356 e. The topological polar surface area (TPSA) is 95.1 Å². The fourth-order valence-corrected chi connectivity index (χ4v) is 4.31. The maximum absolute atomic E-state index is 12.4. The molecule has 31 heavy (non-hydrogen) atoms. The summed E-state index contributed by atoms with van der Waals surface area (Å²) in [4.78, 5) is 27.8. The van der Waals surface area contributed by atoms with E-state index in [9.17, 15) is 4.79 Å². The van der Waals surface area contributed by atoms with Gasteiger partial charge in [0.15, 0.2) is 0 Å². The van der Waals surface area contributed by atoms with Gasteiger partial charge in [-0.2, -0.15) is 0 Å². The molecule has 0 aliphatic carbocycles. The van der Waals surface area contributed by atoms with E-state index in [-0.39, 0.29) is 6.03 Å². The number of anilines is 3. The Hall–Kier alpha value is -3.04. The molecule has 3 aromatic heterocycles. The molecule has 4 rings (SSSR count). The second-order valence-electron chi connectivity index (χ2n) is 7.45. The van der Waals surface area contributed by atoms with Crippen molar-refractivity contribution in [1.29, 1.82) is 0 Å². The van der Waals surface area contributed by atoms with Gasteiger partial charge in [0.1, 0.15) is 22.5 Å². The van der Waals surface area contributed by atoms with Gasteiger partial charge in [-0.1, -0.05) is 13.0 Å². The number of aromatic nitrogens is 3. The van der Waals surface area contributed by atoms with Gasteiger partial charge in [0, 0.05) is 42.5 Å². The molecule has 0 unspecified atom stereocenters. The zero-order valence-corrected chi connectivity index (χ0v) is 18.4. The van der Waals surface area contributed by atoms with Gasteiger partial charge >= 0.3 is 6.03 Å². The lowest BCUT2D eigenvalue weighted by atomic mass is 10.0. The molecule has 0 aromatic carbocycles. The second-order valence-corrected chi connectivity index (χ2v) is 8.31. The first kappa shape index (κ1) is 21.2. The molecule has 0 bridgehead atoms. The van der Waals surface area contributed by atoms with Gasteiger partial charge in [0.2, 0.25) is 0 Å². The molecule has 1 fully saturated rings. The molecule has 162 valence electrons. The van der Waals surface area contributed by atoms with E-state index < -0.39 is 0 Å². The van der Waals surface area contributed by atoms with Crippen molar-refractivity contribution in [2.24, 2.45) is 0 Å². The SMILES string of the molecule is CCCNC1CCN(c2cccc(NC(=O)Nc3csc(-c4ccncc4)n3)n2)CC1. The van der Waals surface area contributed by atoms with E-state index in [0.717, 1.165) is 55.3 Å². The molecule has 1 aliphatic heterocycles. The van der Waals surface area contributed by atoms with Crippen molar-refractivity contribution in [3.63, 3.8) is 0 Å². The quantitative estimate of drug-likeness (QED) is 0.512. The molecule has 0 saturated carbocycles. The fourth-order valence-electron chi connectivity index (χ4n) is 3.55. The number of hydrogen-bond donors (Lipinski definition) is 3. The number of hydrogen-bond acceptors (Lipinski definition) is 7. The molecule has 1 saturated heterocycles. The first-order valence-corrected chi connectivity index (χ1v) is 11.5. The molecule has 3 N–H and O–H groups in total. The van der Waals surface area contributed by atoms with Crippen LogP contribution in [-0.4, -0.2) is 46.7 Å². The zero-order chi connectivity index (χ0) is 21.5. The van der Waals surface area contributed by atoms with Gasteiger partial charge < -0.3 is 10.2 Å². The Morgan fingerprint density at radius 3 is 2.65 bits per heavy atom. The third-order valence-corrected chi connectivity index (χ3v) is 6.04. The van der Waals surface area contributed by atoms with Crippen LogP contribution in [-0.2, 0) is 0 Å². The Bertz CT molecular complexity index is 986. The lowest BCUT2D eigenvalue weighted by Gasteiger charge is -2.33. The molecule has 1 aliphatic rings. The van der Waals surface area contributed by atoms with Gasteiger partial charge in [-0.15, -0.1) is 11.3 Å². The Balaban J connectivity index is 1.32. The van der Waals surface area contributed by atoms with Crippen LogP contribution in [0, 0.1) is 0 Å². The smallest absolute Gasteiger partial charge is 0.326 e. The van der Waals surface area contributed by atoms with Crippen LogP contribution < -0.4 is 20.9 Å². The molecule has 4 heterocycles. The van der Waals surface area contributed by atoms with Crippen LogP contribution in [0.2, 0.25) is 0 Å². The molecule has 0 spiro atoms. The first-order valence-electron chi connectivity index (χ1n) is 10.6. The average molecular weight is 438 g/mol. The van der Waals surface area contributed by atoms with Crippen LogP contribution in [0.1, 0.15) is 26.2 Å². The number of carbonyl (C=O) groups is 1. The van der Waals surface area contributed by atoms with E-state index in [4.69, 9.17) is 0 Å². The highest BCUT2D eigenvalue weighted by Gasteiger charge is 2.20. The van der Waals surface area contributed by atoms with Crippen molar-refractivity contribution in [1.82, 2.24) is 20.3 Å². The maximum atomic E-state index is 12.4. The highest BCUT2D eigenvalue weighted by Crippen LogP contribution is 2.25. The zero-order valence-electron chi connectivity index (χ0n) is 17.5. The molecule has 0 atom stereocenters. The van der Waals surface area contributed by atoms with Gasteiger partial charge in [0.05, 0.1) is 0 Å². The summed E-state index contributed by atoms with van der Waals surface area (Å²) < 4.78 is 0. The summed E-state index contributed by atoms with van der Waals surface area (Å²) in [7, 11) is 0. The van der Waals surface area contributed by atoms with E-state index >= 15 is 0 Å². The normalized spacial score (nSPS) is 14.4. The standard InChI is InChI=1S/C22H27N7OS/c1-2-10-24-17-8-13-29(14-9-17)20-5-3-4-18(25-20)27-22(30)28-19-15-31-21(26-19)16-6-11-23-12-7-16/h3-7,11-12,15,17,24H,2,8-10,13-14H2,1H3,(H2,25,27,28,30).